The molecule has 1 saturated heterocycles. The number of H-pyrrole nitrogens is 1. The van der Waals surface area contributed by atoms with Gasteiger partial charge in [-0.15, -0.1) is 11.3 Å². The molecule has 0 spiro atoms. The van der Waals surface area contributed by atoms with Crippen molar-refractivity contribution in [1.29, 1.82) is 0 Å². The van der Waals surface area contributed by atoms with Crippen LogP contribution in [0.2, 0.25) is 0 Å². The molecular weight excluding hydrogens is 364 g/mol. The zero-order valence-corrected chi connectivity index (χ0v) is 16.4. The molecule has 0 amide bonds. The summed E-state index contributed by atoms with van der Waals surface area (Å²) < 4.78 is 6.96. The summed E-state index contributed by atoms with van der Waals surface area (Å²) in [6.07, 6.45) is 4.27. The Labute approximate surface area is 160 Å². The molecule has 142 valence electrons. The lowest BCUT2D eigenvalue weighted by atomic mass is 10.1. The van der Waals surface area contributed by atoms with Crippen LogP contribution in [0.5, 0.6) is 0 Å². The van der Waals surface area contributed by atoms with Crippen LogP contribution < -0.4 is 5.56 Å². The number of nitrogens with zero attached hydrogens (tertiary/aromatic N) is 3. The molecule has 0 radical (unpaired) electrons. The fourth-order valence-electron chi connectivity index (χ4n) is 3.91. The Morgan fingerprint density at radius 3 is 3.00 bits per heavy atom. The third-order valence-corrected chi connectivity index (χ3v) is 6.43. The summed E-state index contributed by atoms with van der Waals surface area (Å²) in [4.78, 5) is 35.5. The number of esters is 1. The van der Waals surface area contributed by atoms with Gasteiger partial charge in [0.15, 0.2) is 0 Å². The van der Waals surface area contributed by atoms with Gasteiger partial charge in [0.2, 0.25) is 0 Å². The fourth-order valence-corrected chi connectivity index (χ4v) is 5.03. The number of hydrogen-bond donors (Lipinski definition) is 1. The summed E-state index contributed by atoms with van der Waals surface area (Å²) in [5, 5.41) is 0.476. The van der Waals surface area contributed by atoms with Gasteiger partial charge in [-0.2, -0.15) is 0 Å². The Morgan fingerprint density at radius 1 is 1.48 bits per heavy atom. The van der Waals surface area contributed by atoms with Crippen molar-refractivity contribution in [1.82, 2.24) is 19.4 Å². The number of methoxy groups -OCH3 is 1. The molecular formula is C19H22N4O3S. The van der Waals surface area contributed by atoms with E-state index in [-0.39, 0.29) is 5.56 Å². The normalized spacial score (nSPS) is 17.7. The molecule has 1 atom stereocenters. The highest BCUT2D eigenvalue weighted by Gasteiger charge is 2.28. The van der Waals surface area contributed by atoms with Crippen LogP contribution >= 0.6 is 11.3 Å². The van der Waals surface area contributed by atoms with Gasteiger partial charge in [0.25, 0.3) is 5.56 Å². The van der Waals surface area contributed by atoms with Crippen molar-refractivity contribution >= 4 is 27.5 Å². The van der Waals surface area contributed by atoms with Crippen molar-refractivity contribution in [2.24, 2.45) is 7.05 Å². The van der Waals surface area contributed by atoms with Crippen LogP contribution in [0.25, 0.3) is 10.2 Å². The van der Waals surface area contributed by atoms with Crippen LogP contribution in [-0.2, 0) is 18.3 Å². The molecule has 4 rings (SSSR count). The minimum Gasteiger partial charge on any atom is -0.465 e. The maximum absolute atomic E-state index is 12.6. The zero-order chi connectivity index (χ0) is 19.1. The number of thiophene rings is 1. The van der Waals surface area contributed by atoms with Gasteiger partial charge in [-0.1, -0.05) is 0 Å². The first-order chi connectivity index (χ1) is 13.0. The molecule has 0 saturated carbocycles. The molecule has 0 aliphatic carbocycles. The summed E-state index contributed by atoms with van der Waals surface area (Å²) in [5.74, 6) is 0.200. The summed E-state index contributed by atoms with van der Waals surface area (Å²) in [6.45, 7) is 3.30. The van der Waals surface area contributed by atoms with Crippen molar-refractivity contribution in [3.05, 3.63) is 50.6 Å². The van der Waals surface area contributed by atoms with Crippen molar-refractivity contribution in [3.8, 4) is 0 Å². The number of aromatic nitrogens is 3. The standard InChI is InChI=1S/C19H22N4O3S/c1-11-15-17(24)20-14(21-18(15)27-16(11)19(25)26-3)10-23-9-5-7-13(23)12-6-4-8-22(12)2/h4,6,8,13H,5,7,9-10H2,1-3H3,(H,20,21,24)/t13-/m1/s1. The monoisotopic (exact) mass is 386 g/mol. The third kappa shape index (κ3) is 3.08. The van der Waals surface area contributed by atoms with E-state index in [0.717, 1.165) is 19.4 Å². The smallest absolute Gasteiger partial charge is 0.348 e. The summed E-state index contributed by atoms with van der Waals surface area (Å²) in [7, 11) is 3.40. The largest absolute Gasteiger partial charge is 0.465 e. The number of carbonyl (C=O) groups excluding carboxylic acids is 1. The van der Waals surface area contributed by atoms with E-state index < -0.39 is 5.97 Å². The van der Waals surface area contributed by atoms with Gasteiger partial charge < -0.3 is 14.3 Å². The number of hydrogen-bond acceptors (Lipinski definition) is 6. The van der Waals surface area contributed by atoms with E-state index in [1.54, 1.807) is 6.92 Å². The van der Waals surface area contributed by atoms with Crippen molar-refractivity contribution in [2.75, 3.05) is 13.7 Å². The second-order valence-corrected chi connectivity index (χ2v) is 7.91. The van der Waals surface area contributed by atoms with Gasteiger partial charge in [-0.05, 0) is 44.0 Å². The van der Waals surface area contributed by atoms with Crippen LogP contribution in [-0.4, -0.2) is 39.1 Å². The van der Waals surface area contributed by atoms with E-state index in [0.29, 0.717) is 39.1 Å². The van der Waals surface area contributed by atoms with Crippen LogP contribution in [0, 0.1) is 6.92 Å². The maximum atomic E-state index is 12.6. The summed E-state index contributed by atoms with van der Waals surface area (Å²) in [6, 6.07) is 4.52. The number of aromatic amines is 1. The molecule has 1 fully saturated rings. The van der Waals surface area contributed by atoms with E-state index in [9.17, 15) is 9.59 Å². The third-order valence-electron chi connectivity index (χ3n) is 5.26. The minimum absolute atomic E-state index is 0.200. The van der Waals surface area contributed by atoms with Crippen LogP contribution in [0.3, 0.4) is 0 Å². The van der Waals surface area contributed by atoms with Gasteiger partial charge in [0.05, 0.1) is 25.1 Å². The molecule has 7 nitrogen and oxygen atoms in total. The molecule has 8 heteroatoms. The van der Waals surface area contributed by atoms with Crippen LogP contribution in [0.4, 0.5) is 0 Å². The number of likely N-dealkylation sites (tertiary alicyclic amines) is 1. The van der Waals surface area contributed by atoms with Crippen LogP contribution in [0.1, 0.15) is 45.6 Å². The average Bonchev–Trinajstić information content (AvgIpc) is 3.33. The van der Waals surface area contributed by atoms with E-state index in [2.05, 4.69) is 44.8 Å². The molecule has 0 aromatic carbocycles. The van der Waals surface area contributed by atoms with Crippen molar-refractivity contribution in [2.45, 2.75) is 32.4 Å². The van der Waals surface area contributed by atoms with Gasteiger partial charge in [0.1, 0.15) is 15.5 Å². The maximum Gasteiger partial charge on any atom is 0.348 e. The first-order valence-corrected chi connectivity index (χ1v) is 9.77. The number of carbonyl (C=O) groups is 1. The summed E-state index contributed by atoms with van der Waals surface area (Å²) >= 11 is 1.22. The molecule has 0 bridgehead atoms. The van der Waals surface area contributed by atoms with Gasteiger partial charge in [-0.25, -0.2) is 9.78 Å². The number of rotatable bonds is 4. The van der Waals surface area contributed by atoms with Crippen molar-refractivity contribution in [3.63, 3.8) is 0 Å². The molecule has 3 aromatic rings. The van der Waals surface area contributed by atoms with Crippen LogP contribution in [0.15, 0.2) is 23.1 Å². The lowest BCUT2D eigenvalue weighted by Crippen LogP contribution is -2.26. The Balaban J connectivity index is 1.67. The molecule has 27 heavy (non-hydrogen) atoms. The SMILES string of the molecule is COC(=O)c1sc2nc(CN3CCC[C@@H]3c3cccn3C)[nH]c(=O)c2c1C. The minimum atomic E-state index is -0.431. The topological polar surface area (TPSA) is 80.2 Å². The number of nitrogens with one attached hydrogen (secondary N) is 1. The molecule has 4 heterocycles. The fraction of sp³-hybridized carbons (Fsp3) is 0.421. The van der Waals surface area contributed by atoms with E-state index in [1.807, 2.05) is 0 Å². The van der Waals surface area contributed by atoms with E-state index in [1.165, 1.54) is 24.1 Å². The first-order valence-electron chi connectivity index (χ1n) is 8.95. The number of fused-ring (bicyclic) bond motifs is 1. The average molecular weight is 386 g/mol. The van der Waals surface area contributed by atoms with Gasteiger partial charge in [-0.3, -0.25) is 9.69 Å². The van der Waals surface area contributed by atoms with Crippen molar-refractivity contribution < 1.29 is 9.53 Å². The Kier molecular flexibility index (Phi) is 4.61. The molecule has 0 unspecified atom stereocenters. The quantitative estimate of drug-likeness (QED) is 0.698. The highest BCUT2D eigenvalue weighted by atomic mass is 32.1. The molecule has 1 N–H and O–H groups in total. The molecule has 1 aliphatic rings. The summed E-state index contributed by atoms with van der Waals surface area (Å²) in [5.41, 5.74) is 1.70. The molecule has 3 aromatic heterocycles. The second kappa shape index (κ2) is 6.94. The van der Waals surface area contributed by atoms with E-state index >= 15 is 0 Å². The predicted molar refractivity (Wildman–Crippen MR) is 104 cm³/mol. The highest BCUT2D eigenvalue weighted by molar-refractivity contribution is 7.20. The lowest BCUT2D eigenvalue weighted by Gasteiger charge is -2.24. The van der Waals surface area contributed by atoms with Gasteiger partial charge >= 0.3 is 5.97 Å². The Bertz CT molecular complexity index is 1060. The number of ether oxygens (including phenoxy) is 1. The Morgan fingerprint density at radius 2 is 2.30 bits per heavy atom. The predicted octanol–water partition coefficient (Wildman–Crippen LogP) is 2.76. The van der Waals surface area contributed by atoms with Gasteiger partial charge in [0, 0.05) is 18.9 Å². The highest BCUT2D eigenvalue weighted by Crippen LogP contribution is 2.33. The zero-order valence-electron chi connectivity index (χ0n) is 15.6. The second-order valence-electron chi connectivity index (χ2n) is 6.91. The molecule has 1 aliphatic heterocycles. The van der Waals surface area contributed by atoms with E-state index in [4.69, 9.17) is 4.74 Å². The Hall–Kier alpha value is -2.45. The lowest BCUT2D eigenvalue weighted by molar-refractivity contribution is 0.0605. The first kappa shape index (κ1) is 17.9. The number of aryl methyl sites for hydroxylation is 2.